The molecule has 0 unspecified atom stereocenters. The number of nitrogens with zero attached hydrogens (tertiary/aromatic N) is 3. The van der Waals surface area contributed by atoms with Crippen LogP contribution in [0.1, 0.15) is 42.9 Å². The highest BCUT2D eigenvalue weighted by Gasteiger charge is 2.22. The van der Waals surface area contributed by atoms with Gasteiger partial charge in [0.25, 0.3) is 0 Å². The summed E-state index contributed by atoms with van der Waals surface area (Å²) in [7, 11) is 0. The zero-order chi connectivity index (χ0) is 21.1. The second kappa shape index (κ2) is 9.01. The highest BCUT2D eigenvalue weighted by atomic mass is 32.1. The highest BCUT2D eigenvalue weighted by molar-refractivity contribution is 7.20. The van der Waals surface area contributed by atoms with Crippen LogP contribution in [0, 0.1) is 11.7 Å². The van der Waals surface area contributed by atoms with Gasteiger partial charge in [-0.15, -0.1) is 0 Å². The standard InChI is InChI=1S/C21H24FN5O2S/c1-12(2)29-17-10-14(22)3-4-15(17)26-19-18-21(25-11-24-19)30-20(27-18)16(28)9-13-5-7-23-8-6-13/h3-4,10-13,23H,5-9H2,1-2H3,(H,24,25,26). The van der Waals surface area contributed by atoms with Gasteiger partial charge in [0.05, 0.1) is 11.8 Å². The molecule has 0 atom stereocenters. The van der Waals surface area contributed by atoms with E-state index < -0.39 is 0 Å². The molecular formula is C21H24FN5O2S. The van der Waals surface area contributed by atoms with Crippen LogP contribution in [0.4, 0.5) is 15.9 Å². The van der Waals surface area contributed by atoms with Gasteiger partial charge in [0, 0.05) is 12.5 Å². The maximum Gasteiger partial charge on any atom is 0.191 e. The van der Waals surface area contributed by atoms with Gasteiger partial charge in [-0.25, -0.2) is 19.3 Å². The molecule has 3 aromatic rings. The summed E-state index contributed by atoms with van der Waals surface area (Å²) in [4.78, 5) is 26.5. The average molecular weight is 430 g/mol. The molecule has 30 heavy (non-hydrogen) atoms. The van der Waals surface area contributed by atoms with Crippen molar-refractivity contribution in [3.05, 3.63) is 35.4 Å². The fourth-order valence-electron chi connectivity index (χ4n) is 3.48. The number of nitrogens with one attached hydrogen (secondary N) is 2. The van der Waals surface area contributed by atoms with E-state index >= 15 is 0 Å². The number of carbonyl (C=O) groups excluding carboxylic acids is 1. The number of carbonyl (C=O) groups is 1. The molecule has 1 aliphatic rings. The molecule has 3 heterocycles. The molecule has 0 bridgehead atoms. The second-order valence-corrected chi connectivity index (χ2v) is 8.63. The molecule has 2 N–H and O–H groups in total. The van der Waals surface area contributed by atoms with Crippen molar-refractivity contribution in [1.29, 1.82) is 0 Å². The van der Waals surface area contributed by atoms with E-state index in [0.717, 1.165) is 25.9 Å². The van der Waals surface area contributed by atoms with Crippen molar-refractivity contribution in [2.24, 2.45) is 5.92 Å². The molecule has 1 fully saturated rings. The Morgan fingerprint density at radius 2 is 2.13 bits per heavy atom. The van der Waals surface area contributed by atoms with Crippen LogP contribution in [-0.4, -0.2) is 39.9 Å². The van der Waals surface area contributed by atoms with Gasteiger partial charge < -0.3 is 15.4 Å². The number of ketones is 1. The Morgan fingerprint density at radius 1 is 1.33 bits per heavy atom. The number of thiazole rings is 1. The van der Waals surface area contributed by atoms with E-state index in [1.807, 2.05) is 13.8 Å². The van der Waals surface area contributed by atoms with Crippen LogP contribution in [0.25, 0.3) is 10.3 Å². The van der Waals surface area contributed by atoms with Crippen molar-refractivity contribution >= 4 is 39.0 Å². The summed E-state index contributed by atoms with van der Waals surface area (Å²) in [6, 6.07) is 4.27. The molecule has 158 valence electrons. The number of benzene rings is 1. The van der Waals surface area contributed by atoms with Crippen LogP contribution in [0.3, 0.4) is 0 Å². The molecule has 0 saturated carbocycles. The van der Waals surface area contributed by atoms with Gasteiger partial charge in [-0.3, -0.25) is 4.79 Å². The van der Waals surface area contributed by atoms with Crippen LogP contribution in [0.15, 0.2) is 24.5 Å². The Kier molecular flexibility index (Phi) is 6.19. The van der Waals surface area contributed by atoms with Gasteiger partial charge in [0.2, 0.25) is 0 Å². The third-order valence-electron chi connectivity index (χ3n) is 4.93. The number of anilines is 2. The summed E-state index contributed by atoms with van der Waals surface area (Å²) in [5, 5.41) is 6.93. The van der Waals surface area contributed by atoms with Gasteiger partial charge in [0.15, 0.2) is 16.6 Å². The summed E-state index contributed by atoms with van der Waals surface area (Å²) < 4.78 is 19.4. The van der Waals surface area contributed by atoms with Crippen molar-refractivity contribution in [1.82, 2.24) is 20.3 Å². The lowest BCUT2D eigenvalue weighted by atomic mass is 9.93. The minimum atomic E-state index is -0.386. The van der Waals surface area contributed by atoms with Gasteiger partial charge in [0.1, 0.15) is 28.2 Å². The molecule has 1 aliphatic heterocycles. The van der Waals surface area contributed by atoms with E-state index in [2.05, 4.69) is 25.6 Å². The number of aromatic nitrogens is 3. The van der Waals surface area contributed by atoms with Crippen molar-refractivity contribution in [2.75, 3.05) is 18.4 Å². The lowest BCUT2D eigenvalue weighted by Gasteiger charge is -2.21. The van der Waals surface area contributed by atoms with Crippen LogP contribution in [-0.2, 0) is 0 Å². The van der Waals surface area contributed by atoms with Gasteiger partial charge in [-0.1, -0.05) is 11.3 Å². The molecule has 2 aromatic heterocycles. The van der Waals surface area contributed by atoms with Crippen LogP contribution >= 0.6 is 11.3 Å². The topological polar surface area (TPSA) is 89.0 Å². The highest BCUT2D eigenvalue weighted by Crippen LogP contribution is 2.33. The number of halogens is 1. The lowest BCUT2D eigenvalue weighted by Crippen LogP contribution is -2.28. The summed E-state index contributed by atoms with van der Waals surface area (Å²) in [5.41, 5.74) is 1.09. The van der Waals surface area contributed by atoms with Crippen LogP contribution < -0.4 is 15.4 Å². The predicted octanol–water partition coefficient (Wildman–Crippen LogP) is 4.33. The molecule has 7 nitrogen and oxygen atoms in total. The van der Waals surface area contributed by atoms with E-state index in [4.69, 9.17) is 4.74 Å². The van der Waals surface area contributed by atoms with Crippen molar-refractivity contribution < 1.29 is 13.9 Å². The minimum absolute atomic E-state index is 0.0430. The molecule has 1 aromatic carbocycles. The second-order valence-electron chi connectivity index (χ2n) is 7.65. The first kappa shape index (κ1) is 20.6. The first-order chi connectivity index (χ1) is 14.5. The number of Topliss-reactive ketones (excluding diaryl/α,β-unsaturated/α-hetero) is 1. The lowest BCUT2D eigenvalue weighted by molar-refractivity contribution is 0.0952. The maximum atomic E-state index is 13.7. The summed E-state index contributed by atoms with van der Waals surface area (Å²) >= 11 is 1.28. The molecule has 1 saturated heterocycles. The molecule has 0 radical (unpaired) electrons. The van der Waals surface area contributed by atoms with E-state index in [-0.39, 0.29) is 17.7 Å². The van der Waals surface area contributed by atoms with Crippen LogP contribution in [0.5, 0.6) is 5.75 Å². The zero-order valence-corrected chi connectivity index (χ0v) is 17.8. The third-order valence-corrected chi connectivity index (χ3v) is 5.93. The number of fused-ring (bicyclic) bond motifs is 1. The van der Waals surface area contributed by atoms with Crippen molar-refractivity contribution in [2.45, 2.75) is 39.2 Å². The first-order valence-electron chi connectivity index (χ1n) is 10.1. The monoisotopic (exact) mass is 429 g/mol. The van der Waals surface area contributed by atoms with E-state index in [9.17, 15) is 9.18 Å². The van der Waals surface area contributed by atoms with Gasteiger partial charge in [-0.05, 0) is 57.8 Å². The SMILES string of the molecule is CC(C)Oc1cc(F)ccc1Nc1ncnc2sc(C(=O)CC3CCNCC3)nc12. The largest absolute Gasteiger partial charge is 0.489 e. The van der Waals surface area contributed by atoms with Gasteiger partial charge in [-0.2, -0.15) is 0 Å². The Labute approximate surface area is 178 Å². The minimum Gasteiger partial charge on any atom is -0.489 e. The summed E-state index contributed by atoms with van der Waals surface area (Å²) in [5.74, 6) is 0.890. The Bertz CT molecular complexity index is 1050. The number of piperidine rings is 1. The predicted molar refractivity (Wildman–Crippen MR) is 115 cm³/mol. The average Bonchev–Trinajstić information content (AvgIpc) is 3.16. The fourth-order valence-corrected chi connectivity index (χ4v) is 4.33. The van der Waals surface area contributed by atoms with Crippen molar-refractivity contribution in [3.8, 4) is 5.75 Å². The summed E-state index contributed by atoms with van der Waals surface area (Å²) in [6.45, 7) is 5.65. The van der Waals surface area contributed by atoms with E-state index in [1.54, 1.807) is 6.07 Å². The number of rotatable bonds is 7. The quantitative estimate of drug-likeness (QED) is 0.541. The summed E-state index contributed by atoms with van der Waals surface area (Å²) in [6.07, 6.45) is 3.83. The fraction of sp³-hybridized carbons (Fsp3) is 0.429. The molecule has 0 amide bonds. The van der Waals surface area contributed by atoms with E-state index in [1.165, 1.54) is 29.8 Å². The zero-order valence-electron chi connectivity index (χ0n) is 16.9. The van der Waals surface area contributed by atoms with Gasteiger partial charge >= 0.3 is 0 Å². The smallest absolute Gasteiger partial charge is 0.191 e. The third kappa shape index (κ3) is 4.73. The number of hydrogen-bond donors (Lipinski definition) is 2. The normalized spacial score (nSPS) is 14.9. The molecule has 0 spiro atoms. The molecular weight excluding hydrogens is 405 g/mol. The molecule has 0 aliphatic carbocycles. The molecule has 9 heteroatoms. The molecule has 4 rings (SSSR count). The Morgan fingerprint density at radius 3 is 2.90 bits per heavy atom. The number of hydrogen-bond acceptors (Lipinski definition) is 8. The van der Waals surface area contributed by atoms with Crippen molar-refractivity contribution in [3.63, 3.8) is 0 Å². The first-order valence-corrected chi connectivity index (χ1v) is 10.9. The van der Waals surface area contributed by atoms with Crippen LogP contribution in [0.2, 0.25) is 0 Å². The van der Waals surface area contributed by atoms with E-state index in [0.29, 0.717) is 44.9 Å². The maximum absolute atomic E-state index is 13.7. The Balaban J connectivity index is 1.59. The Hall–Kier alpha value is -2.65. The number of ether oxygens (including phenoxy) is 1.